The standard InChI is InChI=1S/C9H13ClN2O4S2/c1-7-8(18(10,15)16)5-11-12(7)9(2)3-4-17(13,14)6-9/h5H,3-4,6H2,1-2H3. The van der Waals surface area contributed by atoms with E-state index in [4.69, 9.17) is 10.7 Å². The molecule has 0 aromatic carbocycles. The SMILES string of the molecule is Cc1c(S(=O)(=O)Cl)cnn1C1(C)CCS(=O)(=O)C1. The van der Waals surface area contributed by atoms with Crippen molar-refractivity contribution in [1.29, 1.82) is 0 Å². The summed E-state index contributed by atoms with van der Waals surface area (Å²) in [6.07, 6.45) is 1.58. The molecule has 0 aliphatic carbocycles. The van der Waals surface area contributed by atoms with Gasteiger partial charge < -0.3 is 0 Å². The van der Waals surface area contributed by atoms with Crippen molar-refractivity contribution >= 4 is 29.6 Å². The summed E-state index contributed by atoms with van der Waals surface area (Å²) in [5.74, 6) is 0.0516. The molecule has 1 saturated heterocycles. The van der Waals surface area contributed by atoms with E-state index in [9.17, 15) is 16.8 Å². The van der Waals surface area contributed by atoms with Crippen LogP contribution < -0.4 is 0 Å². The van der Waals surface area contributed by atoms with Crippen molar-refractivity contribution in [2.45, 2.75) is 30.7 Å². The Labute approximate surface area is 110 Å². The summed E-state index contributed by atoms with van der Waals surface area (Å²) in [7, 11) is -1.66. The third kappa shape index (κ3) is 2.28. The summed E-state index contributed by atoms with van der Waals surface area (Å²) >= 11 is 0. The fourth-order valence-electron chi connectivity index (χ4n) is 2.34. The molecule has 1 aliphatic rings. The predicted molar refractivity (Wildman–Crippen MR) is 66.9 cm³/mol. The lowest BCUT2D eigenvalue weighted by Crippen LogP contribution is -2.33. The Morgan fingerprint density at radius 2 is 2.11 bits per heavy atom. The highest BCUT2D eigenvalue weighted by atomic mass is 35.7. The highest BCUT2D eigenvalue weighted by molar-refractivity contribution is 8.13. The van der Waals surface area contributed by atoms with Gasteiger partial charge in [-0.15, -0.1) is 0 Å². The van der Waals surface area contributed by atoms with Crippen molar-refractivity contribution < 1.29 is 16.8 Å². The van der Waals surface area contributed by atoms with E-state index in [-0.39, 0.29) is 16.4 Å². The van der Waals surface area contributed by atoms with Gasteiger partial charge in [-0.1, -0.05) is 0 Å². The third-order valence-corrected chi connectivity index (χ3v) is 6.53. The predicted octanol–water partition coefficient (Wildman–Crippen LogP) is 0.653. The molecule has 1 unspecified atom stereocenters. The Morgan fingerprint density at radius 1 is 1.50 bits per heavy atom. The molecule has 1 atom stereocenters. The van der Waals surface area contributed by atoms with Gasteiger partial charge in [0.25, 0.3) is 9.05 Å². The molecule has 1 fully saturated rings. The summed E-state index contributed by atoms with van der Waals surface area (Å²) in [4.78, 5) is -0.0744. The average Bonchev–Trinajstić information content (AvgIpc) is 2.67. The monoisotopic (exact) mass is 312 g/mol. The second-order valence-electron chi connectivity index (χ2n) is 4.78. The molecular weight excluding hydrogens is 300 g/mol. The molecule has 1 aromatic heterocycles. The third-order valence-electron chi connectivity index (χ3n) is 3.22. The Hall–Kier alpha value is -0.600. The van der Waals surface area contributed by atoms with Crippen LogP contribution in [0.3, 0.4) is 0 Å². The largest absolute Gasteiger partial charge is 0.264 e. The highest BCUT2D eigenvalue weighted by Crippen LogP contribution is 2.33. The van der Waals surface area contributed by atoms with Crippen LogP contribution in [0, 0.1) is 6.92 Å². The maximum absolute atomic E-state index is 11.5. The number of aromatic nitrogens is 2. The van der Waals surface area contributed by atoms with Crippen LogP contribution in [-0.2, 0) is 24.4 Å². The van der Waals surface area contributed by atoms with Crippen LogP contribution in [0.2, 0.25) is 0 Å². The molecule has 1 aromatic rings. The smallest absolute Gasteiger partial charge is 0.262 e. The van der Waals surface area contributed by atoms with E-state index < -0.39 is 24.4 Å². The van der Waals surface area contributed by atoms with Gasteiger partial charge in [-0.05, 0) is 20.3 Å². The van der Waals surface area contributed by atoms with Crippen LogP contribution in [0.1, 0.15) is 19.0 Å². The number of hydrogen-bond acceptors (Lipinski definition) is 5. The maximum Gasteiger partial charge on any atom is 0.264 e. The zero-order valence-corrected chi connectivity index (χ0v) is 12.3. The van der Waals surface area contributed by atoms with Crippen molar-refractivity contribution in [3.05, 3.63) is 11.9 Å². The van der Waals surface area contributed by atoms with E-state index in [2.05, 4.69) is 5.10 Å². The first-order chi connectivity index (χ1) is 8.05. The average molecular weight is 313 g/mol. The number of rotatable bonds is 2. The van der Waals surface area contributed by atoms with Crippen LogP contribution in [0.25, 0.3) is 0 Å². The second-order valence-corrected chi connectivity index (χ2v) is 9.50. The highest BCUT2D eigenvalue weighted by Gasteiger charge is 2.42. The van der Waals surface area contributed by atoms with Gasteiger partial charge in [0.15, 0.2) is 9.84 Å². The van der Waals surface area contributed by atoms with Gasteiger partial charge in [0, 0.05) is 10.7 Å². The first-order valence-electron chi connectivity index (χ1n) is 5.25. The topological polar surface area (TPSA) is 86.1 Å². The molecule has 0 amide bonds. The molecule has 102 valence electrons. The minimum absolute atomic E-state index is 0.0374. The molecule has 0 radical (unpaired) electrons. The van der Waals surface area contributed by atoms with Crippen LogP contribution in [-0.4, -0.2) is 38.1 Å². The number of sulfone groups is 1. The summed E-state index contributed by atoms with van der Waals surface area (Å²) in [6.45, 7) is 3.32. The van der Waals surface area contributed by atoms with E-state index in [0.717, 1.165) is 6.20 Å². The van der Waals surface area contributed by atoms with Crippen LogP contribution in [0.5, 0.6) is 0 Å². The Morgan fingerprint density at radius 3 is 2.50 bits per heavy atom. The molecule has 1 aliphatic heterocycles. The Balaban J connectivity index is 2.52. The summed E-state index contributed by atoms with van der Waals surface area (Å²) < 4.78 is 47.2. The fraction of sp³-hybridized carbons (Fsp3) is 0.667. The molecule has 0 saturated carbocycles. The van der Waals surface area contributed by atoms with Crippen molar-refractivity contribution in [2.75, 3.05) is 11.5 Å². The zero-order chi connectivity index (χ0) is 13.8. The quantitative estimate of drug-likeness (QED) is 0.749. The number of halogens is 1. The molecule has 0 spiro atoms. The minimum Gasteiger partial charge on any atom is -0.262 e. The Kier molecular flexibility index (Phi) is 3.03. The number of nitrogens with zero attached hydrogens (tertiary/aromatic N) is 2. The summed E-state index contributed by atoms with van der Waals surface area (Å²) in [6, 6.07) is 0. The van der Waals surface area contributed by atoms with Gasteiger partial charge in [0.2, 0.25) is 0 Å². The van der Waals surface area contributed by atoms with Gasteiger partial charge in [-0.2, -0.15) is 5.10 Å². The molecule has 0 N–H and O–H groups in total. The van der Waals surface area contributed by atoms with Crippen molar-refractivity contribution in [2.24, 2.45) is 0 Å². The van der Waals surface area contributed by atoms with E-state index in [1.54, 1.807) is 13.8 Å². The van der Waals surface area contributed by atoms with Crippen molar-refractivity contribution in [3.8, 4) is 0 Å². The van der Waals surface area contributed by atoms with Gasteiger partial charge in [0.1, 0.15) is 4.90 Å². The van der Waals surface area contributed by atoms with Crippen LogP contribution in [0.4, 0.5) is 0 Å². The minimum atomic E-state index is -3.86. The van der Waals surface area contributed by atoms with E-state index in [1.165, 1.54) is 4.68 Å². The van der Waals surface area contributed by atoms with Crippen molar-refractivity contribution in [3.63, 3.8) is 0 Å². The lowest BCUT2D eigenvalue weighted by atomic mass is 10.0. The lowest BCUT2D eigenvalue weighted by Gasteiger charge is -2.24. The van der Waals surface area contributed by atoms with E-state index >= 15 is 0 Å². The van der Waals surface area contributed by atoms with Crippen molar-refractivity contribution in [1.82, 2.24) is 9.78 Å². The van der Waals surface area contributed by atoms with Gasteiger partial charge in [-0.3, -0.25) is 4.68 Å². The van der Waals surface area contributed by atoms with Gasteiger partial charge in [-0.25, -0.2) is 16.8 Å². The van der Waals surface area contributed by atoms with E-state index in [0.29, 0.717) is 12.1 Å². The zero-order valence-electron chi connectivity index (χ0n) is 9.92. The summed E-state index contributed by atoms with van der Waals surface area (Å²) in [5.41, 5.74) is -0.340. The molecule has 2 heterocycles. The molecule has 6 nitrogen and oxygen atoms in total. The molecule has 2 rings (SSSR count). The van der Waals surface area contributed by atoms with Gasteiger partial charge in [0.05, 0.1) is 28.9 Å². The van der Waals surface area contributed by atoms with Gasteiger partial charge >= 0.3 is 0 Å². The normalized spacial score (nSPS) is 27.5. The van der Waals surface area contributed by atoms with Crippen LogP contribution >= 0.6 is 10.7 Å². The Bertz CT molecular complexity index is 692. The summed E-state index contributed by atoms with van der Waals surface area (Å²) in [5, 5.41) is 3.99. The molecule has 18 heavy (non-hydrogen) atoms. The fourth-order valence-corrected chi connectivity index (χ4v) is 5.51. The molecule has 9 heteroatoms. The molecule has 0 bridgehead atoms. The lowest BCUT2D eigenvalue weighted by molar-refractivity contribution is 0.321. The molecular formula is C9H13ClN2O4S2. The van der Waals surface area contributed by atoms with E-state index in [1.807, 2.05) is 0 Å². The second kappa shape index (κ2) is 3.94. The number of hydrogen-bond donors (Lipinski definition) is 0. The first-order valence-corrected chi connectivity index (χ1v) is 9.38. The first kappa shape index (κ1) is 13.8. The van der Waals surface area contributed by atoms with Crippen LogP contribution in [0.15, 0.2) is 11.1 Å². The maximum atomic E-state index is 11.5.